The highest BCUT2D eigenvalue weighted by atomic mass is 16.4. The van der Waals surface area contributed by atoms with Gasteiger partial charge in [0.15, 0.2) is 0 Å². The topological polar surface area (TPSA) is 68.0 Å². The second-order valence-electron chi connectivity index (χ2n) is 4.27. The fourth-order valence-electron chi connectivity index (χ4n) is 2.24. The minimum atomic E-state index is -1.00. The smallest absolute Gasteiger partial charge is 0.338 e. The van der Waals surface area contributed by atoms with Crippen LogP contribution in [-0.4, -0.2) is 25.8 Å². The maximum Gasteiger partial charge on any atom is 0.338 e. The highest BCUT2D eigenvalue weighted by Gasteiger charge is 2.16. The van der Waals surface area contributed by atoms with E-state index in [1.807, 2.05) is 41.9 Å². The zero-order valence-corrected chi connectivity index (χ0v) is 10.2. The van der Waals surface area contributed by atoms with Crippen LogP contribution in [0.4, 0.5) is 0 Å². The summed E-state index contributed by atoms with van der Waals surface area (Å²) in [4.78, 5) is 11.2. The highest BCUT2D eigenvalue weighted by Crippen LogP contribution is 2.28. The number of aromatic nitrogens is 3. The second kappa shape index (κ2) is 4.20. The summed E-state index contributed by atoms with van der Waals surface area (Å²) in [6, 6.07) is 9.85. The molecule has 1 N–H and O–H groups in total. The van der Waals surface area contributed by atoms with E-state index in [0.29, 0.717) is 5.56 Å². The van der Waals surface area contributed by atoms with Gasteiger partial charge < -0.3 is 9.67 Å². The molecule has 2 aromatic heterocycles. The maximum absolute atomic E-state index is 11.2. The van der Waals surface area contributed by atoms with Crippen molar-refractivity contribution < 1.29 is 9.90 Å². The van der Waals surface area contributed by atoms with Crippen LogP contribution in [0.25, 0.3) is 22.2 Å². The third-order valence-electron chi connectivity index (χ3n) is 3.19. The van der Waals surface area contributed by atoms with Crippen molar-refractivity contribution in [3.05, 3.63) is 48.3 Å². The van der Waals surface area contributed by atoms with Crippen molar-refractivity contribution >= 4 is 16.9 Å². The maximum atomic E-state index is 11.2. The van der Waals surface area contributed by atoms with Crippen LogP contribution < -0.4 is 0 Å². The number of aryl methyl sites for hydroxylation is 1. The molecule has 0 spiro atoms. The third kappa shape index (κ3) is 1.76. The monoisotopic (exact) mass is 253 g/mol. The first kappa shape index (κ1) is 11.4. The van der Waals surface area contributed by atoms with Crippen molar-refractivity contribution in [2.75, 3.05) is 0 Å². The molecule has 0 bridgehead atoms. The molecule has 3 aromatic rings. The molecule has 5 heteroatoms. The summed E-state index contributed by atoms with van der Waals surface area (Å²) in [6.07, 6.45) is 2.76. The zero-order valence-electron chi connectivity index (χ0n) is 10.2. The second-order valence-corrected chi connectivity index (χ2v) is 4.27. The Morgan fingerprint density at radius 1 is 1.21 bits per heavy atom. The summed E-state index contributed by atoms with van der Waals surface area (Å²) in [5.41, 5.74) is 2.58. The van der Waals surface area contributed by atoms with Crippen LogP contribution in [0, 0.1) is 0 Å². The van der Waals surface area contributed by atoms with Crippen molar-refractivity contribution in [2.45, 2.75) is 0 Å². The van der Waals surface area contributed by atoms with Crippen molar-refractivity contribution in [1.82, 2.24) is 14.8 Å². The van der Waals surface area contributed by atoms with Crippen molar-refractivity contribution in [3.8, 4) is 11.3 Å². The summed E-state index contributed by atoms with van der Waals surface area (Å²) in [6.45, 7) is 0. The number of hydrogen-bond acceptors (Lipinski definition) is 3. The summed E-state index contributed by atoms with van der Waals surface area (Å²) in [5.74, 6) is -1.00. The molecule has 5 nitrogen and oxygen atoms in total. The minimum Gasteiger partial charge on any atom is -0.478 e. The average molecular weight is 253 g/mol. The van der Waals surface area contributed by atoms with Gasteiger partial charge in [-0.25, -0.2) is 4.79 Å². The molecule has 0 saturated heterocycles. The Balaban J connectivity index is 2.31. The number of carbonyl (C=O) groups is 1. The largest absolute Gasteiger partial charge is 0.478 e. The van der Waals surface area contributed by atoms with E-state index in [4.69, 9.17) is 0 Å². The molecule has 0 atom stereocenters. The number of carboxylic acids is 1. The van der Waals surface area contributed by atoms with Gasteiger partial charge in [0.1, 0.15) is 0 Å². The zero-order chi connectivity index (χ0) is 13.4. The fraction of sp³-hybridized carbons (Fsp3) is 0.0714. The first-order valence-corrected chi connectivity index (χ1v) is 5.77. The van der Waals surface area contributed by atoms with Gasteiger partial charge in [0, 0.05) is 23.5 Å². The number of para-hydroxylation sites is 1. The Labute approximate surface area is 109 Å². The van der Waals surface area contributed by atoms with E-state index in [9.17, 15) is 9.90 Å². The normalized spacial score (nSPS) is 10.8. The van der Waals surface area contributed by atoms with Crippen molar-refractivity contribution in [1.29, 1.82) is 0 Å². The van der Waals surface area contributed by atoms with Crippen LogP contribution in [0.2, 0.25) is 0 Å². The molecule has 0 aliphatic carbocycles. The lowest BCUT2D eigenvalue weighted by Gasteiger charge is -2.06. The van der Waals surface area contributed by atoms with Gasteiger partial charge >= 0.3 is 5.97 Å². The Morgan fingerprint density at radius 3 is 2.68 bits per heavy atom. The lowest BCUT2D eigenvalue weighted by molar-refractivity contribution is 0.0697. The molecule has 0 aliphatic heterocycles. The molecule has 0 fully saturated rings. The molecule has 3 rings (SSSR count). The summed E-state index contributed by atoms with van der Waals surface area (Å²) >= 11 is 0. The molecular weight excluding hydrogens is 242 g/mol. The van der Waals surface area contributed by atoms with E-state index in [1.165, 1.54) is 12.4 Å². The number of carboxylic acid groups (broad SMARTS) is 1. The third-order valence-corrected chi connectivity index (χ3v) is 3.19. The summed E-state index contributed by atoms with van der Waals surface area (Å²) in [7, 11) is 1.91. The van der Waals surface area contributed by atoms with Crippen LogP contribution in [-0.2, 0) is 7.05 Å². The van der Waals surface area contributed by atoms with Gasteiger partial charge in [0.2, 0.25) is 0 Å². The van der Waals surface area contributed by atoms with Crippen LogP contribution in [0.15, 0.2) is 42.7 Å². The lowest BCUT2D eigenvalue weighted by atomic mass is 10.1. The first-order valence-electron chi connectivity index (χ1n) is 5.77. The Kier molecular flexibility index (Phi) is 2.52. The Hall–Kier alpha value is -2.69. The molecule has 19 heavy (non-hydrogen) atoms. The van der Waals surface area contributed by atoms with Gasteiger partial charge in [-0.1, -0.05) is 18.2 Å². The standard InChI is InChI=1S/C14H11N3O2/c1-17-12-5-3-2-4-9(12)6-13(17)10-7-15-16-8-11(10)14(18)19/h2-8H,1H3,(H,18,19). The number of rotatable bonds is 2. The van der Waals surface area contributed by atoms with Crippen LogP contribution in [0.5, 0.6) is 0 Å². The Bertz CT molecular complexity index is 777. The van der Waals surface area contributed by atoms with E-state index in [-0.39, 0.29) is 5.56 Å². The van der Waals surface area contributed by atoms with Crippen molar-refractivity contribution in [2.24, 2.45) is 7.05 Å². The van der Waals surface area contributed by atoms with E-state index in [2.05, 4.69) is 10.2 Å². The molecule has 1 aromatic carbocycles. The molecule has 0 saturated carbocycles. The predicted molar refractivity (Wildman–Crippen MR) is 70.9 cm³/mol. The van der Waals surface area contributed by atoms with E-state index in [1.54, 1.807) is 0 Å². The molecule has 94 valence electrons. The highest BCUT2D eigenvalue weighted by molar-refractivity contribution is 5.97. The average Bonchev–Trinajstić information content (AvgIpc) is 2.76. The van der Waals surface area contributed by atoms with Gasteiger partial charge in [0.25, 0.3) is 0 Å². The number of nitrogens with zero attached hydrogens (tertiary/aromatic N) is 3. The van der Waals surface area contributed by atoms with Crippen molar-refractivity contribution in [3.63, 3.8) is 0 Å². The van der Waals surface area contributed by atoms with Gasteiger partial charge in [-0.3, -0.25) is 0 Å². The summed E-state index contributed by atoms with van der Waals surface area (Å²) < 4.78 is 1.96. The molecular formula is C14H11N3O2. The van der Waals surface area contributed by atoms with E-state index < -0.39 is 5.97 Å². The molecule has 0 amide bonds. The van der Waals surface area contributed by atoms with Gasteiger partial charge in [-0.15, -0.1) is 0 Å². The fourth-order valence-corrected chi connectivity index (χ4v) is 2.24. The SMILES string of the molecule is Cn1c(-c2cnncc2C(=O)O)cc2ccccc21. The molecule has 0 aliphatic rings. The lowest BCUT2D eigenvalue weighted by Crippen LogP contribution is -2.03. The van der Waals surface area contributed by atoms with E-state index >= 15 is 0 Å². The van der Waals surface area contributed by atoms with Gasteiger partial charge in [-0.05, 0) is 12.1 Å². The van der Waals surface area contributed by atoms with E-state index in [0.717, 1.165) is 16.6 Å². The van der Waals surface area contributed by atoms with Gasteiger partial charge in [0.05, 0.1) is 23.7 Å². The number of fused-ring (bicyclic) bond motifs is 1. The predicted octanol–water partition coefficient (Wildman–Crippen LogP) is 2.33. The quantitative estimate of drug-likeness (QED) is 0.761. The molecule has 0 unspecified atom stereocenters. The van der Waals surface area contributed by atoms with Crippen LogP contribution in [0.3, 0.4) is 0 Å². The minimum absolute atomic E-state index is 0.154. The number of hydrogen-bond donors (Lipinski definition) is 1. The van der Waals surface area contributed by atoms with Crippen LogP contribution >= 0.6 is 0 Å². The molecule has 2 heterocycles. The number of benzene rings is 1. The number of aromatic carboxylic acids is 1. The Morgan fingerprint density at radius 2 is 1.95 bits per heavy atom. The van der Waals surface area contributed by atoms with Gasteiger partial charge in [-0.2, -0.15) is 10.2 Å². The van der Waals surface area contributed by atoms with Crippen LogP contribution in [0.1, 0.15) is 10.4 Å². The molecule has 0 radical (unpaired) electrons. The first-order chi connectivity index (χ1) is 9.18. The summed E-state index contributed by atoms with van der Waals surface area (Å²) in [5, 5.41) is 17.7.